The third kappa shape index (κ3) is 2.44. The minimum atomic E-state index is -0.00868. The Kier molecular flexibility index (Phi) is 3.50. The Bertz CT molecular complexity index is 614. The molecular weight excluding hydrogens is 224 g/mol. The average molecular weight is 240 g/mol. The molecule has 3 nitrogen and oxygen atoms in total. The number of nitrogens with two attached hydrogens (primary N) is 1. The topological polar surface area (TPSA) is 48.1 Å². The summed E-state index contributed by atoms with van der Waals surface area (Å²) in [6, 6.07) is 5.86. The van der Waals surface area contributed by atoms with E-state index in [9.17, 15) is 0 Å². The van der Waals surface area contributed by atoms with Gasteiger partial charge in [0.2, 0.25) is 0 Å². The molecule has 3 heteroatoms. The molecule has 0 aliphatic rings. The number of hydrogen-bond donors (Lipinski definition) is 1. The second-order valence-electron chi connectivity index (χ2n) is 4.34. The molecule has 2 rings (SSSR count). The highest BCUT2D eigenvalue weighted by Crippen LogP contribution is 2.24. The van der Waals surface area contributed by atoms with Gasteiger partial charge in [0.25, 0.3) is 0 Å². The second-order valence-corrected chi connectivity index (χ2v) is 4.34. The molecule has 0 saturated carbocycles. The van der Waals surface area contributed by atoms with Gasteiger partial charge in [0.1, 0.15) is 11.9 Å². The number of benzene rings is 1. The Morgan fingerprint density at radius 1 is 1.44 bits per heavy atom. The molecule has 1 heterocycles. The summed E-state index contributed by atoms with van der Waals surface area (Å²) < 4.78 is 5.72. The van der Waals surface area contributed by atoms with Gasteiger partial charge in [0.15, 0.2) is 0 Å². The highest BCUT2D eigenvalue weighted by Gasteiger charge is 2.06. The molecule has 0 aliphatic carbocycles. The minimum absolute atomic E-state index is 0.00868. The van der Waals surface area contributed by atoms with E-state index < -0.39 is 0 Å². The van der Waals surface area contributed by atoms with Crippen molar-refractivity contribution >= 4 is 10.9 Å². The standard InChI is InChI=1S/C15H16N2O/c1-4-12-6-13-7-14(18-11(3)8-16)5-10(2)15(13)17-9-12/h1,5-7,9,11H,8,16H2,2-3H3. The molecule has 18 heavy (non-hydrogen) atoms. The number of aryl methyl sites for hydroxylation is 1. The molecule has 2 aromatic rings. The van der Waals surface area contributed by atoms with Crippen molar-refractivity contribution in [1.29, 1.82) is 0 Å². The van der Waals surface area contributed by atoms with Crippen LogP contribution in [-0.4, -0.2) is 17.6 Å². The van der Waals surface area contributed by atoms with E-state index in [1.165, 1.54) is 0 Å². The highest BCUT2D eigenvalue weighted by molar-refractivity contribution is 5.84. The summed E-state index contributed by atoms with van der Waals surface area (Å²) >= 11 is 0. The molecule has 0 amide bonds. The molecule has 1 atom stereocenters. The van der Waals surface area contributed by atoms with Crippen molar-refractivity contribution < 1.29 is 4.74 Å². The highest BCUT2D eigenvalue weighted by atomic mass is 16.5. The van der Waals surface area contributed by atoms with E-state index in [4.69, 9.17) is 16.9 Å². The molecule has 0 aliphatic heterocycles. The van der Waals surface area contributed by atoms with Gasteiger partial charge in [0.05, 0.1) is 5.52 Å². The summed E-state index contributed by atoms with van der Waals surface area (Å²) in [6.07, 6.45) is 7.08. The maximum absolute atomic E-state index is 5.72. The van der Waals surface area contributed by atoms with Crippen molar-refractivity contribution in [3.63, 3.8) is 0 Å². The number of rotatable bonds is 3. The number of hydrogen-bond acceptors (Lipinski definition) is 3. The van der Waals surface area contributed by atoms with Crippen LogP contribution in [0.4, 0.5) is 0 Å². The lowest BCUT2D eigenvalue weighted by Crippen LogP contribution is -2.22. The molecular formula is C15H16N2O. The van der Waals surface area contributed by atoms with Crippen molar-refractivity contribution in [2.75, 3.05) is 6.54 Å². The molecule has 1 aromatic heterocycles. The van der Waals surface area contributed by atoms with Crippen molar-refractivity contribution in [3.05, 3.63) is 35.5 Å². The molecule has 1 unspecified atom stereocenters. The number of pyridine rings is 1. The number of terminal acetylenes is 1. The molecule has 0 radical (unpaired) electrons. The zero-order valence-electron chi connectivity index (χ0n) is 10.6. The van der Waals surface area contributed by atoms with Crippen LogP contribution in [-0.2, 0) is 0 Å². The van der Waals surface area contributed by atoms with Crippen molar-refractivity contribution in [1.82, 2.24) is 4.98 Å². The summed E-state index contributed by atoms with van der Waals surface area (Å²) in [5.41, 5.74) is 8.33. The van der Waals surface area contributed by atoms with Crippen LogP contribution in [0.25, 0.3) is 10.9 Å². The predicted octanol–water partition coefficient (Wildman–Crippen LogP) is 2.25. The monoisotopic (exact) mass is 240 g/mol. The zero-order valence-corrected chi connectivity index (χ0v) is 10.6. The first-order chi connectivity index (χ1) is 8.63. The van der Waals surface area contributed by atoms with Crippen LogP contribution in [0.5, 0.6) is 5.75 Å². The molecule has 2 N–H and O–H groups in total. The Morgan fingerprint density at radius 3 is 2.89 bits per heavy atom. The lowest BCUT2D eigenvalue weighted by Gasteiger charge is -2.14. The smallest absolute Gasteiger partial charge is 0.120 e. The Hall–Kier alpha value is -2.05. The maximum Gasteiger partial charge on any atom is 0.120 e. The van der Waals surface area contributed by atoms with Gasteiger partial charge in [0, 0.05) is 23.7 Å². The van der Waals surface area contributed by atoms with E-state index >= 15 is 0 Å². The first kappa shape index (κ1) is 12.4. The van der Waals surface area contributed by atoms with Gasteiger partial charge in [-0.2, -0.15) is 0 Å². The first-order valence-electron chi connectivity index (χ1n) is 5.87. The van der Waals surface area contributed by atoms with Crippen molar-refractivity contribution in [2.24, 2.45) is 5.73 Å². The minimum Gasteiger partial charge on any atom is -0.489 e. The lowest BCUT2D eigenvalue weighted by atomic mass is 10.1. The number of ether oxygens (including phenoxy) is 1. The van der Waals surface area contributed by atoms with Crippen LogP contribution < -0.4 is 10.5 Å². The van der Waals surface area contributed by atoms with Crippen LogP contribution >= 0.6 is 0 Å². The summed E-state index contributed by atoms with van der Waals surface area (Å²) in [5, 5.41) is 0.990. The molecule has 0 fully saturated rings. The van der Waals surface area contributed by atoms with Gasteiger partial charge in [-0.25, -0.2) is 0 Å². The number of aromatic nitrogens is 1. The van der Waals surface area contributed by atoms with Gasteiger partial charge in [-0.1, -0.05) is 5.92 Å². The van der Waals surface area contributed by atoms with Crippen LogP contribution in [0.2, 0.25) is 0 Å². The number of nitrogens with zero attached hydrogens (tertiary/aromatic N) is 1. The van der Waals surface area contributed by atoms with E-state index in [-0.39, 0.29) is 6.10 Å². The average Bonchev–Trinajstić information content (AvgIpc) is 2.37. The van der Waals surface area contributed by atoms with Gasteiger partial charge in [-0.3, -0.25) is 4.98 Å². The zero-order chi connectivity index (χ0) is 13.1. The fourth-order valence-corrected chi connectivity index (χ4v) is 1.83. The second kappa shape index (κ2) is 5.07. The van der Waals surface area contributed by atoms with E-state index in [0.717, 1.165) is 27.8 Å². The fourth-order valence-electron chi connectivity index (χ4n) is 1.83. The largest absolute Gasteiger partial charge is 0.489 e. The quantitative estimate of drug-likeness (QED) is 0.837. The first-order valence-corrected chi connectivity index (χ1v) is 5.87. The Balaban J connectivity index is 2.49. The van der Waals surface area contributed by atoms with Crippen LogP contribution in [0.1, 0.15) is 18.1 Å². The lowest BCUT2D eigenvalue weighted by molar-refractivity contribution is 0.230. The van der Waals surface area contributed by atoms with E-state index in [1.54, 1.807) is 6.20 Å². The van der Waals surface area contributed by atoms with E-state index in [2.05, 4.69) is 10.9 Å². The van der Waals surface area contributed by atoms with Crippen molar-refractivity contribution in [3.8, 4) is 18.1 Å². The predicted molar refractivity (Wildman–Crippen MR) is 73.6 cm³/mol. The Labute approximate surface area is 107 Å². The third-order valence-corrected chi connectivity index (χ3v) is 2.78. The fraction of sp³-hybridized carbons (Fsp3) is 0.267. The van der Waals surface area contributed by atoms with Crippen LogP contribution in [0, 0.1) is 19.3 Å². The summed E-state index contributed by atoms with van der Waals surface area (Å²) in [6.45, 7) is 4.43. The van der Waals surface area contributed by atoms with Gasteiger partial charge in [-0.15, -0.1) is 6.42 Å². The van der Waals surface area contributed by atoms with Crippen LogP contribution in [0.3, 0.4) is 0 Å². The summed E-state index contributed by atoms with van der Waals surface area (Å²) in [4.78, 5) is 4.37. The SMILES string of the molecule is C#Cc1cnc2c(C)cc(OC(C)CN)cc2c1. The summed E-state index contributed by atoms with van der Waals surface area (Å²) in [5.74, 6) is 3.39. The maximum atomic E-state index is 5.72. The number of fused-ring (bicyclic) bond motifs is 1. The Morgan fingerprint density at radius 2 is 2.22 bits per heavy atom. The molecule has 0 bridgehead atoms. The third-order valence-electron chi connectivity index (χ3n) is 2.78. The summed E-state index contributed by atoms with van der Waals surface area (Å²) in [7, 11) is 0. The molecule has 1 aromatic carbocycles. The van der Waals surface area contributed by atoms with E-state index in [0.29, 0.717) is 6.54 Å². The van der Waals surface area contributed by atoms with Gasteiger partial charge < -0.3 is 10.5 Å². The van der Waals surface area contributed by atoms with Gasteiger partial charge in [-0.05, 0) is 37.6 Å². The normalized spacial score (nSPS) is 12.1. The molecule has 92 valence electrons. The van der Waals surface area contributed by atoms with Crippen molar-refractivity contribution in [2.45, 2.75) is 20.0 Å². The van der Waals surface area contributed by atoms with Gasteiger partial charge >= 0.3 is 0 Å². The van der Waals surface area contributed by atoms with E-state index in [1.807, 2.05) is 32.0 Å². The molecule has 0 spiro atoms. The van der Waals surface area contributed by atoms with Crippen LogP contribution in [0.15, 0.2) is 24.4 Å². The molecule has 0 saturated heterocycles.